The highest BCUT2D eigenvalue weighted by Crippen LogP contribution is 2.46. The summed E-state index contributed by atoms with van der Waals surface area (Å²) in [5, 5.41) is 4.63. The van der Waals surface area contributed by atoms with E-state index in [1.165, 1.54) is 7.11 Å². The van der Waals surface area contributed by atoms with Gasteiger partial charge in [-0.25, -0.2) is 0 Å². The van der Waals surface area contributed by atoms with Gasteiger partial charge in [0, 0.05) is 23.9 Å². The van der Waals surface area contributed by atoms with Crippen molar-refractivity contribution in [1.82, 2.24) is 5.32 Å². The average molecular weight is 500 g/mol. The summed E-state index contributed by atoms with van der Waals surface area (Å²) in [7, 11) is 0.00171. The van der Waals surface area contributed by atoms with Gasteiger partial charge < -0.3 is 19.4 Å². The van der Waals surface area contributed by atoms with Crippen LogP contribution in [0.5, 0.6) is 5.75 Å². The Morgan fingerprint density at radius 2 is 1.22 bits per heavy atom. The van der Waals surface area contributed by atoms with Crippen molar-refractivity contribution in [3.8, 4) is 5.75 Å². The molecule has 5 nitrogen and oxygen atoms in total. The van der Waals surface area contributed by atoms with Crippen molar-refractivity contribution in [1.29, 1.82) is 0 Å². The number of ether oxygens (including phenoxy) is 2. The molecule has 2 atom stereocenters. The number of carbonyl (C=O) groups is 1. The second-order valence-electron chi connectivity index (χ2n) is 8.45. The molecule has 4 rings (SSSR count). The summed E-state index contributed by atoms with van der Waals surface area (Å²) in [5.41, 5.74) is 1.58. The van der Waals surface area contributed by atoms with E-state index in [1.54, 1.807) is 7.11 Å². The first kappa shape index (κ1) is 25.4. The summed E-state index contributed by atoms with van der Waals surface area (Å²) < 4.78 is 25.7. The SMILES string of the molecule is COc1ccc([C@@H](CP(=O)(c2ccccc2)c2ccccc2)NC(=O)[C@H](OC)c2ccccc2)cc1. The minimum Gasteiger partial charge on any atom is -0.497 e. The molecule has 0 radical (unpaired) electrons. The molecule has 0 aliphatic heterocycles. The van der Waals surface area contributed by atoms with Gasteiger partial charge in [-0.2, -0.15) is 0 Å². The molecule has 0 aromatic heterocycles. The van der Waals surface area contributed by atoms with Crippen molar-refractivity contribution in [3.05, 3.63) is 126 Å². The third-order valence-electron chi connectivity index (χ3n) is 6.20. The van der Waals surface area contributed by atoms with E-state index in [1.807, 2.05) is 115 Å². The van der Waals surface area contributed by atoms with E-state index in [9.17, 15) is 9.36 Å². The maximum atomic E-state index is 14.8. The standard InChI is InChI=1S/C30H30NO4P/c1-34-25-20-18-23(19-21-25)28(31-30(32)29(35-2)24-12-6-3-7-13-24)22-36(33,26-14-8-4-9-15-26)27-16-10-5-11-17-27/h3-21,28-29H,22H2,1-2H3,(H,31,32)/t28-,29-/m1/s1. The molecule has 0 heterocycles. The van der Waals surface area contributed by atoms with Gasteiger partial charge in [-0.3, -0.25) is 4.79 Å². The molecule has 0 saturated heterocycles. The van der Waals surface area contributed by atoms with Crippen LogP contribution in [0.3, 0.4) is 0 Å². The van der Waals surface area contributed by atoms with Gasteiger partial charge in [-0.1, -0.05) is 103 Å². The lowest BCUT2D eigenvalue weighted by Crippen LogP contribution is -2.37. The average Bonchev–Trinajstić information content (AvgIpc) is 2.94. The van der Waals surface area contributed by atoms with Crippen LogP contribution in [0.4, 0.5) is 0 Å². The van der Waals surface area contributed by atoms with Crippen molar-refractivity contribution < 1.29 is 18.8 Å². The molecule has 0 saturated carbocycles. The summed E-state index contributed by atoms with van der Waals surface area (Å²) in [5.74, 6) is 0.411. The van der Waals surface area contributed by atoms with Crippen molar-refractivity contribution in [2.24, 2.45) is 0 Å². The van der Waals surface area contributed by atoms with Crippen LogP contribution >= 0.6 is 7.14 Å². The van der Waals surface area contributed by atoms with E-state index < -0.39 is 19.3 Å². The number of hydrogen-bond acceptors (Lipinski definition) is 4. The van der Waals surface area contributed by atoms with Crippen LogP contribution < -0.4 is 20.7 Å². The highest BCUT2D eigenvalue weighted by atomic mass is 31.2. The molecular weight excluding hydrogens is 469 g/mol. The molecule has 36 heavy (non-hydrogen) atoms. The van der Waals surface area contributed by atoms with Crippen molar-refractivity contribution in [3.63, 3.8) is 0 Å². The number of benzene rings is 4. The number of nitrogens with one attached hydrogen (secondary N) is 1. The van der Waals surface area contributed by atoms with Crippen LogP contribution in [0.15, 0.2) is 115 Å². The minimum absolute atomic E-state index is 0.213. The molecule has 0 spiro atoms. The highest BCUT2D eigenvalue weighted by Gasteiger charge is 2.33. The maximum Gasteiger partial charge on any atom is 0.254 e. The molecule has 0 aliphatic carbocycles. The molecule has 4 aromatic rings. The fraction of sp³-hybridized carbons (Fsp3) is 0.167. The van der Waals surface area contributed by atoms with Gasteiger partial charge in [0.05, 0.1) is 13.2 Å². The first-order valence-electron chi connectivity index (χ1n) is 11.8. The zero-order valence-corrected chi connectivity index (χ0v) is 21.3. The summed E-state index contributed by atoms with van der Waals surface area (Å²) in [6, 6.07) is 35.2. The number of rotatable bonds is 10. The molecule has 6 heteroatoms. The van der Waals surface area contributed by atoms with E-state index >= 15 is 0 Å². The largest absolute Gasteiger partial charge is 0.497 e. The summed E-state index contributed by atoms with van der Waals surface area (Å²) >= 11 is 0. The Balaban J connectivity index is 1.74. The minimum atomic E-state index is -3.12. The van der Waals surface area contributed by atoms with Gasteiger partial charge in [-0.15, -0.1) is 0 Å². The zero-order chi connectivity index (χ0) is 25.4. The van der Waals surface area contributed by atoms with E-state index in [0.717, 1.165) is 21.7 Å². The first-order valence-corrected chi connectivity index (χ1v) is 13.7. The van der Waals surface area contributed by atoms with Crippen LogP contribution in [0.2, 0.25) is 0 Å². The van der Waals surface area contributed by atoms with Crippen molar-refractivity contribution >= 4 is 23.7 Å². The van der Waals surface area contributed by atoms with Gasteiger partial charge in [-0.05, 0) is 23.3 Å². The monoisotopic (exact) mass is 499 g/mol. The van der Waals surface area contributed by atoms with Crippen molar-refractivity contribution in [2.75, 3.05) is 20.4 Å². The molecule has 0 aliphatic rings. The van der Waals surface area contributed by atoms with Crippen LogP contribution in [0.25, 0.3) is 0 Å². The third kappa shape index (κ3) is 5.76. The quantitative estimate of drug-likeness (QED) is 0.303. The van der Waals surface area contributed by atoms with E-state index in [0.29, 0.717) is 5.75 Å². The Kier molecular flexibility index (Phi) is 8.37. The van der Waals surface area contributed by atoms with Crippen LogP contribution in [-0.2, 0) is 14.1 Å². The Labute approximate surface area is 212 Å². The maximum absolute atomic E-state index is 14.8. The molecule has 184 valence electrons. The second kappa shape index (κ2) is 11.9. The number of carbonyl (C=O) groups excluding carboxylic acids is 1. The fourth-order valence-electron chi connectivity index (χ4n) is 4.29. The Morgan fingerprint density at radius 3 is 1.69 bits per heavy atom. The second-order valence-corrected chi connectivity index (χ2v) is 11.3. The molecule has 0 unspecified atom stereocenters. The van der Waals surface area contributed by atoms with E-state index in [2.05, 4.69) is 5.32 Å². The number of methoxy groups -OCH3 is 2. The lowest BCUT2D eigenvalue weighted by Gasteiger charge is -2.28. The van der Waals surface area contributed by atoms with Crippen molar-refractivity contribution in [2.45, 2.75) is 12.1 Å². The molecule has 0 bridgehead atoms. The fourth-order valence-corrected chi connectivity index (χ4v) is 7.14. The lowest BCUT2D eigenvalue weighted by molar-refractivity contribution is -0.132. The Bertz CT molecular complexity index is 1250. The van der Waals surface area contributed by atoms with Gasteiger partial charge in [0.1, 0.15) is 12.9 Å². The lowest BCUT2D eigenvalue weighted by atomic mass is 10.1. The molecule has 1 N–H and O–H groups in total. The topological polar surface area (TPSA) is 64.6 Å². The van der Waals surface area contributed by atoms with Gasteiger partial charge in [0.2, 0.25) is 0 Å². The van der Waals surface area contributed by atoms with Crippen LogP contribution in [-0.4, -0.2) is 26.3 Å². The number of hydrogen-bond donors (Lipinski definition) is 1. The van der Waals surface area contributed by atoms with Crippen LogP contribution in [0.1, 0.15) is 23.3 Å². The Morgan fingerprint density at radius 1 is 0.722 bits per heavy atom. The summed E-state index contributed by atoms with van der Waals surface area (Å²) in [6.07, 6.45) is -0.579. The predicted octanol–water partition coefficient (Wildman–Crippen LogP) is 5.25. The van der Waals surface area contributed by atoms with E-state index in [-0.39, 0.29) is 12.1 Å². The first-order chi connectivity index (χ1) is 17.5. The number of amides is 1. The summed E-state index contributed by atoms with van der Waals surface area (Å²) in [6.45, 7) is 0. The molecular formula is C30H30NO4P. The third-order valence-corrected chi connectivity index (χ3v) is 9.34. The van der Waals surface area contributed by atoms with Crippen LogP contribution in [0, 0.1) is 0 Å². The smallest absolute Gasteiger partial charge is 0.254 e. The zero-order valence-electron chi connectivity index (χ0n) is 20.4. The van der Waals surface area contributed by atoms with Gasteiger partial charge >= 0.3 is 0 Å². The summed E-state index contributed by atoms with van der Waals surface area (Å²) in [4.78, 5) is 13.5. The van der Waals surface area contributed by atoms with Gasteiger partial charge in [0.15, 0.2) is 6.10 Å². The Hall–Kier alpha value is -3.66. The highest BCUT2D eigenvalue weighted by molar-refractivity contribution is 7.78. The molecule has 0 fully saturated rings. The van der Waals surface area contributed by atoms with Gasteiger partial charge in [0.25, 0.3) is 5.91 Å². The molecule has 1 amide bonds. The molecule has 4 aromatic carbocycles. The normalized spacial score (nSPS) is 12.9. The predicted molar refractivity (Wildman–Crippen MR) is 145 cm³/mol. The van der Waals surface area contributed by atoms with E-state index in [4.69, 9.17) is 9.47 Å².